The largest absolute Gasteiger partial charge is 0.416 e. The Hall–Kier alpha value is -5.32. The van der Waals surface area contributed by atoms with Crippen molar-refractivity contribution in [3.63, 3.8) is 0 Å². The van der Waals surface area contributed by atoms with E-state index in [1.807, 2.05) is 48.9 Å². The summed E-state index contributed by atoms with van der Waals surface area (Å²) in [5.74, 6) is 0.385. The summed E-state index contributed by atoms with van der Waals surface area (Å²) in [4.78, 5) is 26.5. The number of carbonyl (C=O) groups is 1. The number of rotatable bonds is 6. The first-order valence-corrected chi connectivity index (χ1v) is 13.9. The number of hydrogen-bond acceptors (Lipinski definition) is 6. The average molecular weight is 596 g/mol. The SMILES string of the molecule is Cc1ccc(NC(=O)c2cccc(C(F)(F)F)c2)cc1-c1cc(C)c2nc(Nc3cc4c(cn3)cnn4C(C)C)ncc2c1. The third kappa shape index (κ3) is 5.68. The van der Waals surface area contributed by atoms with Crippen LogP contribution in [0.15, 0.2) is 79.3 Å². The van der Waals surface area contributed by atoms with Gasteiger partial charge in [0, 0.05) is 46.5 Å². The van der Waals surface area contributed by atoms with Crippen molar-refractivity contribution in [2.45, 2.75) is 39.9 Å². The van der Waals surface area contributed by atoms with Gasteiger partial charge >= 0.3 is 6.18 Å². The van der Waals surface area contributed by atoms with E-state index in [4.69, 9.17) is 4.98 Å². The Morgan fingerprint density at radius 1 is 0.886 bits per heavy atom. The van der Waals surface area contributed by atoms with Gasteiger partial charge in [-0.3, -0.25) is 9.48 Å². The molecule has 1 amide bonds. The topological polar surface area (TPSA) is 97.6 Å². The maximum atomic E-state index is 13.1. The number of anilines is 3. The molecule has 0 unspecified atom stereocenters. The number of aryl methyl sites for hydroxylation is 2. The van der Waals surface area contributed by atoms with Gasteiger partial charge in [-0.25, -0.2) is 15.0 Å². The molecule has 3 aromatic heterocycles. The van der Waals surface area contributed by atoms with Crippen molar-refractivity contribution in [2.75, 3.05) is 10.6 Å². The van der Waals surface area contributed by atoms with Crippen LogP contribution in [0.1, 0.15) is 46.9 Å². The van der Waals surface area contributed by atoms with E-state index in [9.17, 15) is 18.0 Å². The van der Waals surface area contributed by atoms with Crippen molar-refractivity contribution in [2.24, 2.45) is 0 Å². The molecule has 6 rings (SSSR count). The zero-order valence-corrected chi connectivity index (χ0v) is 24.4. The first kappa shape index (κ1) is 28.8. The quantitative estimate of drug-likeness (QED) is 0.201. The van der Waals surface area contributed by atoms with Crippen LogP contribution >= 0.6 is 0 Å². The van der Waals surface area contributed by atoms with Gasteiger partial charge in [-0.05, 0) is 92.4 Å². The van der Waals surface area contributed by atoms with Crippen LogP contribution in [0.5, 0.6) is 0 Å². The van der Waals surface area contributed by atoms with Crippen LogP contribution < -0.4 is 10.6 Å². The maximum absolute atomic E-state index is 13.1. The molecule has 0 saturated heterocycles. The number of amides is 1. The molecule has 0 radical (unpaired) electrons. The molecule has 0 bridgehead atoms. The van der Waals surface area contributed by atoms with Gasteiger partial charge in [0.15, 0.2) is 0 Å². The standard InChI is InChI=1S/C33H28F3N7O/c1-18(2)43-28-14-29(37-16-24(28)17-39-43)41-32-38-15-23-11-22(10-20(4)30(23)42-32)27-13-26(9-8-19(27)3)40-31(44)21-6-5-7-25(12-21)33(34,35)36/h5-18H,1-4H3,(H,40,44)(H,37,38,41,42). The highest BCUT2D eigenvalue weighted by Gasteiger charge is 2.31. The monoisotopic (exact) mass is 595 g/mol. The van der Waals surface area contributed by atoms with Crippen molar-refractivity contribution in [3.8, 4) is 11.1 Å². The fourth-order valence-corrected chi connectivity index (χ4v) is 5.12. The first-order valence-electron chi connectivity index (χ1n) is 13.9. The first-order chi connectivity index (χ1) is 21.0. The summed E-state index contributed by atoms with van der Waals surface area (Å²) in [6.45, 7) is 8.05. The van der Waals surface area contributed by atoms with Crippen LogP contribution in [-0.2, 0) is 6.18 Å². The van der Waals surface area contributed by atoms with E-state index in [1.165, 1.54) is 12.1 Å². The number of alkyl halides is 3. The summed E-state index contributed by atoms with van der Waals surface area (Å²) in [5.41, 5.74) is 4.87. The Bertz CT molecular complexity index is 2050. The van der Waals surface area contributed by atoms with Gasteiger partial charge in [0.1, 0.15) is 5.82 Å². The second kappa shape index (κ2) is 11.1. The zero-order chi connectivity index (χ0) is 31.2. The fourth-order valence-electron chi connectivity index (χ4n) is 5.12. The second-order valence-electron chi connectivity index (χ2n) is 10.9. The second-order valence-corrected chi connectivity index (χ2v) is 10.9. The van der Waals surface area contributed by atoms with Crippen molar-refractivity contribution >= 4 is 45.2 Å². The summed E-state index contributed by atoms with van der Waals surface area (Å²) in [6, 6.07) is 15.8. The van der Waals surface area contributed by atoms with Crippen molar-refractivity contribution < 1.29 is 18.0 Å². The number of fused-ring (bicyclic) bond motifs is 2. The summed E-state index contributed by atoms with van der Waals surface area (Å²) in [6.07, 6.45) is 0.764. The number of halogens is 3. The van der Waals surface area contributed by atoms with Gasteiger partial charge in [-0.2, -0.15) is 18.3 Å². The number of nitrogens with zero attached hydrogens (tertiary/aromatic N) is 5. The molecule has 6 aromatic rings. The predicted octanol–water partition coefficient (Wildman–Crippen LogP) is 8.25. The maximum Gasteiger partial charge on any atom is 0.416 e. The molecule has 0 saturated carbocycles. The Morgan fingerprint density at radius 3 is 2.45 bits per heavy atom. The molecular formula is C33H28F3N7O. The van der Waals surface area contributed by atoms with Crippen LogP contribution in [0.2, 0.25) is 0 Å². The number of pyridine rings is 1. The van der Waals surface area contributed by atoms with Crippen LogP contribution in [0.25, 0.3) is 32.9 Å². The molecule has 2 N–H and O–H groups in total. The minimum atomic E-state index is -4.54. The molecule has 0 spiro atoms. The van der Waals surface area contributed by atoms with E-state index in [-0.39, 0.29) is 11.6 Å². The summed E-state index contributed by atoms with van der Waals surface area (Å²) < 4.78 is 41.3. The van der Waals surface area contributed by atoms with Crippen LogP contribution in [0, 0.1) is 13.8 Å². The molecule has 11 heteroatoms. The summed E-state index contributed by atoms with van der Waals surface area (Å²) >= 11 is 0. The van der Waals surface area contributed by atoms with E-state index >= 15 is 0 Å². The Morgan fingerprint density at radius 2 is 1.68 bits per heavy atom. The zero-order valence-electron chi connectivity index (χ0n) is 24.4. The number of hydrogen-bond donors (Lipinski definition) is 2. The number of benzene rings is 3. The molecule has 8 nitrogen and oxygen atoms in total. The Balaban J connectivity index is 1.26. The van der Waals surface area contributed by atoms with Gasteiger partial charge in [0.05, 0.1) is 22.8 Å². The highest BCUT2D eigenvalue weighted by molar-refractivity contribution is 6.04. The molecule has 222 valence electrons. The van der Waals surface area contributed by atoms with Crippen molar-refractivity contribution in [1.29, 1.82) is 0 Å². The molecule has 0 aliphatic rings. The summed E-state index contributed by atoms with van der Waals surface area (Å²) in [7, 11) is 0. The highest BCUT2D eigenvalue weighted by atomic mass is 19.4. The van der Waals surface area contributed by atoms with Crippen LogP contribution in [-0.4, -0.2) is 30.6 Å². The number of aromatic nitrogens is 5. The molecule has 3 aromatic carbocycles. The van der Waals surface area contributed by atoms with E-state index < -0.39 is 17.6 Å². The van der Waals surface area contributed by atoms with Gasteiger partial charge in [-0.15, -0.1) is 0 Å². The normalized spacial score (nSPS) is 11.8. The number of carbonyl (C=O) groups excluding carboxylic acids is 1. The van der Waals surface area contributed by atoms with Crippen LogP contribution in [0.3, 0.4) is 0 Å². The smallest absolute Gasteiger partial charge is 0.322 e. The molecule has 0 atom stereocenters. The van der Waals surface area contributed by atoms with E-state index in [1.54, 1.807) is 24.7 Å². The van der Waals surface area contributed by atoms with Gasteiger partial charge < -0.3 is 10.6 Å². The minimum Gasteiger partial charge on any atom is -0.322 e. The average Bonchev–Trinajstić information content (AvgIpc) is 3.42. The van der Waals surface area contributed by atoms with Gasteiger partial charge in [0.25, 0.3) is 5.91 Å². The molecule has 0 aliphatic heterocycles. The molecule has 44 heavy (non-hydrogen) atoms. The van der Waals surface area contributed by atoms with Gasteiger partial charge in [-0.1, -0.05) is 12.1 Å². The lowest BCUT2D eigenvalue weighted by atomic mass is 9.96. The van der Waals surface area contributed by atoms with Crippen LogP contribution in [0.4, 0.5) is 30.6 Å². The molecular weight excluding hydrogens is 567 g/mol. The third-order valence-electron chi connectivity index (χ3n) is 7.34. The lowest BCUT2D eigenvalue weighted by Crippen LogP contribution is -2.14. The fraction of sp³-hybridized carbons (Fsp3) is 0.182. The highest BCUT2D eigenvalue weighted by Crippen LogP contribution is 2.33. The number of nitrogens with one attached hydrogen (secondary N) is 2. The van der Waals surface area contributed by atoms with Crippen molar-refractivity contribution in [1.82, 2.24) is 24.7 Å². The van der Waals surface area contributed by atoms with Crippen molar-refractivity contribution in [3.05, 3.63) is 102 Å². The Labute approximate surface area is 251 Å². The van der Waals surface area contributed by atoms with E-state index in [0.29, 0.717) is 17.5 Å². The molecule has 0 fully saturated rings. The van der Waals surface area contributed by atoms with E-state index in [0.717, 1.165) is 56.2 Å². The lowest BCUT2D eigenvalue weighted by Gasteiger charge is -2.14. The third-order valence-corrected chi connectivity index (χ3v) is 7.34. The molecule has 0 aliphatic carbocycles. The Kier molecular flexibility index (Phi) is 7.24. The lowest BCUT2D eigenvalue weighted by molar-refractivity contribution is -0.137. The molecule has 3 heterocycles. The summed E-state index contributed by atoms with van der Waals surface area (Å²) in [5, 5.41) is 12.1. The minimum absolute atomic E-state index is 0.0780. The van der Waals surface area contributed by atoms with E-state index in [2.05, 4.69) is 39.5 Å². The van der Waals surface area contributed by atoms with Gasteiger partial charge in [0.2, 0.25) is 5.95 Å². The predicted molar refractivity (Wildman–Crippen MR) is 165 cm³/mol.